The number of hydrogen-bond acceptors (Lipinski definition) is 2. The first-order valence-corrected chi connectivity index (χ1v) is 6.76. The smallest absolute Gasteiger partial charge is 0.201 e. The molecule has 3 nitrogen and oxygen atoms in total. The van der Waals surface area contributed by atoms with Crippen molar-refractivity contribution in [2.45, 2.75) is 13.3 Å². The van der Waals surface area contributed by atoms with Gasteiger partial charge in [0.25, 0.3) is 0 Å². The Morgan fingerprint density at radius 3 is 2.67 bits per heavy atom. The lowest BCUT2D eigenvalue weighted by Crippen LogP contribution is -2.07. The Labute approximate surface area is 121 Å². The summed E-state index contributed by atoms with van der Waals surface area (Å²) in [5.41, 5.74) is 3.40. The minimum atomic E-state index is -0.292. The summed E-state index contributed by atoms with van der Waals surface area (Å²) in [6.07, 6.45) is 0.761. The van der Waals surface area contributed by atoms with Gasteiger partial charge in [0.05, 0.1) is 11.0 Å². The number of nitrogens with one attached hydrogen (secondary N) is 2. The third-order valence-electron chi connectivity index (χ3n) is 3.44. The van der Waals surface area contributed by atoms with E-state index in [1.807, 2.05) is 6.92 Å². The average Bonchev–Trinajstić information content (AvgIpc) is 2.83. The van der Waals surface area contributed by atoms with Gasteiger partial charge in [0, 0.05) is 6.54 Å². The molecule has 0 saturated heterocycles. The van der Waals surface area contributed by atoms with Crippen LogP contribution >= 0.6 is 0 Å². The molecule has 2 N–H and O–H groups in total. The fourth-order valence-electron chi connectivity index (χ4n) is 2.32. The van der Waals surface area contributed by atoms with E-state index >= 15 is 0 Å². The molecule has 0 radical (unpaired) electrons. The highest BCUT2D eigenvalue weighted by Crippen LogP contribution is 2.16. The number of aromatic nitrogens is 2. The van der Waals surface area contributed by atoms with E-state index in [2.05, 4.69) is 15.3 Å². The summed E-state index contributed by atoms with van der Waals surface area (Å²) in [5.74, 6) is 0.0959. The molecule has 0 aliphatic heterocycles. The van der Waals surface area contributed by atoms with Crippen molar-refractivity contribution in [3.63, 3.8) is 0 Å². The quantitative estimate of drug-likeness (QED) is 0.766. The molecule has 0 unspecified atom stereocenters. The molecule has 0 aliphatic carbocycles. The van der Waals surface area contributed by atoms with Crippen molar-refractivity contribution >= 4 is 17.0 Å². The predicted octanol–water partition coefficient (Wildman–Crippen LogP) is 3.80. The minimum Gasteiger partial charge on any atom is -0.355 e. The molecule has 1 aromatic heterocycles. The van der Waals surface area contributed by atoms with Crippen LogP contribution in [0.25, 0.3) is 11.0 Å². The van der Waals surface area contributed by atoms with E-state index in [1.54, 1.807) is 12.1 Å². The van der Waals surface area contributed by atoms with Crippen molar-refractivity contribution in [3.05, 3.63) is 59.2 Å². The van der Waals surface area contributed by atoms with E-state index in [1.165, 1.54) is 24.3 Å². The normalized spacial score (nSPS) is 11.0. The van der Waals surface area contributed by atoms with Crippen LogP contribution in [0.4, 0.5) is 14.7 Å². The summed E-state index contributed by atoms with van der Waals surface area (Å²) in [6, 6.07) is 9.22. The van der Waals surface area contributed by atoms with Crippen LogP contribution in [0.15, 0.2) is 36.4 Å². The first-order chi connectivity index (χ1) is 10.1. The first kappa shape index (κ1) is 13.5. The zero-order chi connectivity index (χ0) is 14.8. The summed E-state index contributed by atoms with van der Waals surface area (Å²) in [5, 5.41) is 3.16. The van der Waals surface area contributed by atoms with Crippen molar-refractivity contribution in [2.75, 3.05) is 11.9 Å². The van der Waals surface area contributed by atoms with Crippen LogP contribution in [-0.2, 0) is 6.42 Å². The molecule has 0 bridgehead atoms. The van der Waals surface area contributed by atoms with E-state index in [4.69, 9.17) is 0 Å². The molecule has 1 heterocycles. The highest BCUT2D eigenvalue weighted by molar-refractivity contribution is 5.77. The number of benzene rings is 2. The van der Waals surface area contributed by atoms with Gasteiger partial charge in [-0.2, -0.15) is 0 Å². The van der Waals surface area contributed by atoms with E-state index in [0.29, 0.717) is 18.0 Å². The average molecular weight is 287 g/mol. The molecule has 0 aliphatic rings. The number of nitrogens with zero attached hydrogens (tertiary/aromatic N) is 1. The van der Waals surface area contributed by atoms with Crippen molar-refractivity contribution < 1.29 is 8.78 Å². The summed E-state index contributed by atoms with van der Waals surface area (Å²) >= 11 is 0. The van der Waals surface area contributed by atoms with Gasteiger partial charge in [-0.25, -0.2) is 13.8 Å². The van der Waals surface area contributed by atoms with Crippen molar-refractivity contribution in [3.8, 4) is 0 Å². The largest absolute Gasteiger partial charge is 0.355 e. The van der Waals surface area contributed by atoms with Crippen LogP contribution in [0.1, 0.15) is 11.1 Å². The Kier molecular flexibility index (Phi) is 3.56. The van der Waals surface area contributed by atoms with Crippen molar-refractivity contribution in [1.29, 1.82) is 0 Å². The Balaban J connectivity index is 1.66. The molecule has 21 heavy (non-hydrogen) atoms. The predicted molar refractivity (Wildman–Crippen MR) is 79.4 cm³/mol. The summed E-state index contributed by atoms with van der Waals surface area (Å²) < 4.78 is 26.1. The maximum atomic E-state index is 13.1. The van der Waals surface area contributed by atoms with Crippen LogP contribution < -0.4 is 5.32 Å². The number of fused-ring (bicyclic) bond motifs is 1. The Bertz CT molecular complexity index is 780. The Morgan fingerprint density at radius 2 is 1.86 bits per heavy atom. The Morgan fingerprint density at radius 1 is 1.10 bits per heavy atom. The van der Waals surface area contributed by atoms with Gasteiger partial charge in [0.2, 0.25) is 5.95 Å². The number of halogens is 2. The zero-order valence-electron chi connectivity index (χ0n) is 11.6. The summed E-state index contributed by atoms with van der Waals surface area (Å²) in [6.45, 7) is 2.55. The molecular weight excluding hydrogens is 272 g/mol. The maximum absolute atomic E-state index is 13.1. The van der Waals surface area contributed by atoms with E-state index < -0.39 is 0 Å². The maximum Gasteiger partial charge on any atom is 0.201 e. The number of H-pyrrole nitrogens is 1. The summed E-state index contributed by atoms with van der Waals surface area (Å²) in [4.78, 5) is 7.35. The highest BCUT2D eigenvalue weighted by atomic mass is 19.1. The monoisotopic (exact) mass is 287 g/mol. The van der Waals surface area contributed by atoms with Crippen LogP contribution in [0.3, 0.4) is 0 Å². The number of rotatable bonds is 4. The van der Waals surface area contributed by atoms with Crippen molar-refractivity contribution in [1.82, 2.24) is 9.97 Å². The molecule has 2 aromatic carbocycles. The standard InChI is InChI=1S/C16H15F2N3/c1-10-8-12(17)3-2-11(10)6-7-19-16-20-14-5-4-13(18)9-15(14)21-16/h2-5,8-9H,6-7H2,1H3,(H2,19,20,21). The molecule has 3 aromatic rings. The van der Waals surface area contributed by atoms with Gasteiger partial charge in [0.1, 0.15) is 11.6 Å². The lowest BCUT2D eigenvalue weighted by molar-refractivity contribution is 0.625. The van der Waals surface area contributed by atoms with E-state index in [0.717, 1.165) is 23.1 Å². The molecule has 3 rings (SSSR count). The van der Waals surface area contributed by atoms with E-state index in [-0.39, 0.29) is 11.6 Å². The summed E-state index contributed by atoms with van der Waals surface area (Å²) in [7, 11) is 0. The van der Waals surface area contributed by atoms with Gasteiger partial charge in [-0.05, 0) is 54.8 Å². The van der Waals surface area contributed by atoms with Gasteiger partial charge in [-0.1, -0.05) is 6.07 Å². The van der Waals surface area contributed by atoms with Crippen LogP contribution in [0.2, 0.25) is 0 Å². The lowest BCUT2D eigenvalue weighted by Gasteiger charge is -2.06. The molecule has 108 valence electrons. The van der Waals surface area contributed by atoms with Crippen LogP contribution in [-0.4, -0.2) is 16.5 Å². The topological polar surface area (TPSA) is 40.7 Å². The number of aromatic amines is 1. The third kappa shape index (κ3) is 3.02. The van der Waals surface area contributed by atoms with Gasteiger partial charge < -0.3 is 10.3 Å². The van der Waals surface area contributed by atoms with Gasteiger partial charge in [-0.15, -0.1) is 0 Å². The molecule has 0 atom stereocenters. The van der Waals surface area contributed by atoms with Crippen LogP contribution in [0.5, 0.6) is 0 Å². The number of aryl methyl sites for hydroxylation is 1. The third-order valence-corrected chi connectivity index (χ3v) is 3.44. The second-order valence-corrected chi connectivity index (χ2v) is 4.99. The fourth-order valence-corrected chi connectivity index (χ4v) is 2.32. The molecule has 0 spiro atoms. The van der Waals surface area contributed by atoms with Gasteiger partial charge >= 0.3 is 0 Å². The number of anilines is 1. The number of hydrogen-bond donors (Lipinski definition) is 2. The minimum absolute atomic E-state index is 0.219. The zero-order valence-corrected chi connectivity index (χ0v) is 11.6. The number of imidazole rings is 1. The molecule has 0 saturated carbocycles. The molecular formula is C16H15F2N3. The fraction of sp³-hybridized carbons (Fsp3) is 0.188. The first-order valence-electron chi connectivity index (χ1n) is 6.76. The lowest BCUT2D eigenvalue weighted by atomic mass is 10.1. The molecule has 5 heteroatoms. The van der Waals surface area contributed by atoms with Crippen molar-refractivity contribution in [2.24, 2.45) is 0 Å². The molecule has 0 amide bonds. The Hall–Kier alpha value is -2.43. The van der Waals surface area contributed by atoms with Crippen LogP contribution in [0, 0.1) is 18.6 Å². The highest BCUT2D eigenvalue weighted by Gasteiger charge is 2.04. The van der Waals surface area contributed by atoms with Gasteiger partial charge in [-0.3, -0.25) is 0 Å². The SMILES string of the molecule is Cc1cc(F)ccc1CCNc1nc2ccc(F)cc2[nH]1. The second-order valence-electron chi connectivity index (χ2n) is 4.99. The second kappa shape index (κ2) is 5.52. The molecule has 0 fully saturated rings. The van der Waals surface area contributed by atoms with E-state index in [9.17, 15) is 8.78 Å². The van der Waals surface area contributed by atoms with Gasteiger partial charge in [0.15, 0.2) is 0 Å².